The second kappa shape index (κ2) is 18.7. The van der Waals surface area contributed by atoms with E-state index in [1.165, 1.54) is 34.1 Å². The second-order valence-corrected chi connectivity index (χ2v) is 22.1. The average molecular weight is 911 g/mol. The number of hydrazine groups is 1. The SMILES string of the molecule is CCn1c(-c2cccnc2[C@H](C)OC)c2c3cc(ccc31)-c1csc(n1)C[Si](NC(=O)[C@H](C(C)C)N(C)C(=O)N1CC(N(C)C3CC3)C1)C(=O)N1CCC[C@H](N1)C(=O)OCC(C)(C)C2. The molecular weight excluding hydrogens is 847 g/mol. The van der Waals surface area contributed by atoms with Crippen LogP contribution in [0.1, 0.15) is 89.6 Å². The van der Waals surface area contributed by atoms with Crippen LogP contribution in [0, 0.1) is 11.3 Å². The lowest BCUT2D eigenvalue weighted by Gasteiger charge is -2.46. The molecular formula is C47H64N9O6SSi. The Morgan fingerprint density at radius 3 is 2.58 bits per heavy atom. The molecule has 6 bridgehead atoms. The van der Waals surface area contributed by atoms with Gasteiger partial charge >= 0.3 is 12.0 Å². The first-order chi connectivity index (χ1) is 30.6. The van der Waals surface area contributed by atoms with Gasteiger partial charge in [-0.2, -0.15) is 0 Å². The molecule has 343 valence electrons. The van der Waals surface area contributed by atoms with Crippen LogP contribution in [0.15, 0.2) is 41.9 Å². The van der Waals surface area contributed by atoms with Crippen molar-refractivity contribution >= 4 is 54.6 Å². The third-order valence-corrected chi connectivity index (χ3v) is 16.6. The van der Waals surface area contributed by atoms with Crippen LogP contribution < -0.4 is 10.4 Å². The van der Waals surface area contributed by atoms with E-state index in [0.29, 0.717) is 62.5 Å². The molecule has 1 aromatic carbocycles. The summed E-state index contributed by atoms with van der Waals surface area (Å²) < 4.78 is 14.3. The number of rotatable bonds is 10. The molecule has 4 aliphatic rings. The summed E-state index contributed by atoms with van der Waals surface area (Å²) in [6.07, 6.45) is 5.64. The van der Waals surface area contributed by atoms with E-state index >= 15 is 0 Å². The van der Waals surface area contributed by atoms with Crippen molar-refractivity contribution in [2.45, 2.75) is 117 Å². The second-order valence-electron chi connectivity index (χ2n) is 19.2. The van der Waals surface area contributed by atoms with Crippen LogP contribution in [0.3, 0.4) is 0 Å². The van der Waals surface area contributed by atoms with Crippen LogP contribution in [-0.4, -0.2) is 138 Å². The number of likely N-dealkylation sites (tertiary alicyclic amines) is 1. The standard InChI is InChI=1S/C47H64N9O6SSi/c1-10-55-38-18-15-30-21-34(38)35(42(55)33-13-11-19-48-40(33)29(4)61-9)22-47(5,6)27-62-44(58)36-14-12-20-56(50-36)46(60)64(26-39-49-37(30)25-63-39)51-43(57)41(28(2)3)53(8)45(59)54-23-32(24-54)52(7)31-16-17-31/h11,13,15,18-19,21,25,28-29,31-32,36,41,50H,10,12,14,16-17,20,22-24,26-27H2,1-9H3,(H,51,57)/t29-,36-,41-/m0/s1. The number of hydrogen-bond donors (Lipinski definition) is 2. The highest BCUT2D eigenvalue weighted by molar-refractivity contribution is 7.10. The Morgan fingerprint density at radius 2 is 1.88 bits per heavy atom. The Hall–Kier alpha value is -4.68. The zero-order valence-corrected chi connectivity index (χ0v) is 40.6. The Labute approximate surface area is 382 Å². The number of benzene rings is 1. The van der Waals surface area contributed by atoms with Crippen molar-refractivity contribution in [1.29, 1.82) is 0 Å². The molecule has 1 aliphatic carbocycles. The molecule has 0 unspecified atom stereocenters. The first kappa shape index (κ1) is 45.9. The number of carbonyl (C=O) groups is 4. The molecule has 3 atom stereocenters. The zero-order chi connectivity index (χ0) is 45.6. The highest BCUT2D eigenvalue weighted by Crippen LogP contribution is 2.42. The molecule has 6 heterocycles. The summed E-state index contributed by atoms with van der Waals surface area (Å²) in [5.41, 5.74) is 9.22. The maximum atomic E-state index is 14.6. The molecule has 17 heteroatoms. The van der Waals surface area contributed by atoms with Gasteiger partial charge in [0.05, 0.1) is 34.8 Å². The maximum Gasteiger partial charge on any atom is 0.324 e. The van der Waals surface area contributed by atoms with Crippen LogP contribution in [0.4, 0.5) is 9.59 Å². The number of likely N-dealkylation sites (N-methyl/N-ethyl adjacent to an activating group) is 2. The number of methoxy groups -OCH3 is 1. The van der Waals surface area contributed by atoms with Crippen LogP contribution >= 0.6 is 11.3 Å². The van der Waals surface area contributed by atoms with E-state index in [0.717, 1.165) is 44.7 Å². The van der Waals surface area contributed by atoms with Gasteiger partial charge in [0.15, 0.2) is 0 Å². The number of aromatic nitrogens is 3. The number of nitrogens with one attached hydrogen (secondary N) is 2. The summed E-state index contributed by atoms with van der Waals surface area (Å²) in [6, 6.07) is 9.91. The fourth-order valence-electron chi connectivity index (χ4n) is 9.60. The van der Waals surface area contributed by atoms with Crippen molar-refractivity contribution in [3.63, 3.8) is 0 Å². The van der Waals surface area contributed by atoms with E-state index in [4.69, 9.17) is 19.4 Å². The monoisotopic (exact) mass is 910 g/mol. The van der Waals surface area contributed by atoms with Gasteiger partial charge in [-0.3, -0.25) is 29.3 Å². The number of pyridine rings is 1. The first-order valence-electron chi connectivity index (χ1n) is 22.8. The number of hydrogen-bond acceptors (Lipinski definition) is 11. The van der Waals surface area contributed by atoms with Gasteiger partial charge in [0, 0.05) is 97.5 Å². The molecule has 1 radical (unpaired) electrons. The molecule has 8 rings (SSSR count). The Bertz CT molecular complexity index is 2390. The van der Waals surface area contributed by atoms with Crippen molar-refractivity contribution in [2.24, 2.45) is 11.3 Å². The maximum absolute atomic E-state index is 14.6. The molecule has 3 fully saturated rings. The number of aryl methyl sites for hydroxylation is 1. The van der Waals surface area contributed by atoms with Crippen molar-refractivity contribution < 1.29 is 28.7 Å². The number of thiazole rings is 1. The number of ether oxygens (including phenoxy) is 2. The van der Waals surface area contributed by atoms with E-state index in [2.05, 4.69) is 72.0 Å². The summed E-state index contributed by atoms with van der Waals surface area (Å²) in [6.45, 7) is 14.7. The molecule has 2 saturated heterocycles. The largest absolute Gasteiger partial charge is 0.464 e. The van der Waals surface area contributed by atoms with E-state index < -0.39 is 32.4 Å². The lowest BCUT2D eigenvalue weighted by atomic mass is 9.84. The molecule has 4 aromatic rings. The predicted molar refractivity (Wildman–Crippen MR) is 250 cm³/mol. The van der Waals surface area contributed by atoms with Gasteiger partial charge in [0.1, 0.15) is 12.1 Å². The van der Waals surface area contributed by atoms with Crippen molar-refractivity contribution in [3.05, 3.63) is 58.2 Å². The van der Waals surface area contributed by atoms with Gasteiger partial charge < -0.3 is 28.8 Å². The van der Waals surface area contributed by atoms with Gasteiger partial charge in [-0.1, -0.05) is 33.8 Å². The molecule has 15 nitrogen and oxygen atoms in total. The fraction of sp³-hybridized carbons (Fsp3) is 0.574. The Morgan fingerprint density at radius 1 is 1.11 bits per heavy atom. The molecule has 4 amide bonds. The molecule has 3 aliphatic heterocycles. The van der Waals surface area contributed by atoms with E-state index in [9.17, 15) is 19.2 Å². The highest BCUT2D eigenvalue weighted by Gasteiger charge is 2.44. The number of esters is 1. The van der Waals surface area contributed by atoms with Crippen LogP contribution in [0.25, 0.3) is 33.4 Å². The van der Waals surface area contributed by atoms with Gasteiger partial charge in [-0.05, 0) is 88.7 Å². The fourth-order valence-corrected chi connectivity index (χ4v) is 12.6. The minimum atomic E-state index is -2.43. The number of nitrogens with zero attached hydrogens (tertiary/aromatic N) is 7. The topological polar surface area (TPSA) is 154 Å². The summed E-state index contributed by atoms with van der Waals surface area (Å²) in [4.78, 5) is 75.6. The highest BCUT2D eigenvalue weighted by atomic mass is 32.1. The quantitative estimate of drug-likeness (QED) is 0.135. The average Bonchev–Trinajstić information content (AvgIpc) is 3.95. The Balaban J connectivity index is 1.14. The lowest BCUT2D eigenvalue weighted by Crippen LogP contribution is -2.66. The van der Waals surface area contributed by atoms with Crippen LogP contribution in [-0.2, 0) is 38.1 Å². The third kappa shape index (κ3) is 9.23. The van der Waals surface area contributed by atoms with Crippen LogP contribution in [0.5, 0.6) is 0 Å². The molecule has 64 heavy (non-hydrogen) atoms. The number of carbonyl (C=O) groups excluding carboxylic acids is 4. The number of amides is 4. The van der Waals surface area contributed by atoms with E-state index in [1.54, 1.807) is 25.3 Å². The molecule has 3 aromatic heterocycles. The predicted octanol–water partition coefficient (Wildman–Crippen LogP) is 6.39. The molecule has 1 saturated carbocycles. The lowest BCUT2D eigenvalue weighted by molar-refractivity contribution is -0.151. The summed E-state index contributed by atoms with van der Waals surface area (Å²) in [5.74, 6) is -1.02. The van der Waals surface area contributed by atoms with Crippen molar-refractivity contribution in [3.8, 4) is 22.5 Å². The van der Waals surface area contributed by atoms with Crippen molar-refractivity contribution in [1.82, 2.24) is 44.7 Å². The van der Waals surface area contributed by atoms with Crippen molar-refractivity contribution in [2.75, 3.05) is 47.4 Å². The number of urea groups is 1. The van der Waals surface area contributed by atoms with Gasteiger partial charge in [-0.15, -0.1) is 11.3 Å². The summed E-state index contributed by atoms with van der Waals surface area (Å²) in [7, 11) is 3.08. The van der Waals surface area contributed by atoms with E-state index in [1.807, 2.05) is 32.2 Å². The zero-order valence-electron chi connectivity index (χ0n) is 38.8. The Kier molecular flexibility index (Phi) is 13.4. The van der Waals surface area contributed by atoms with Gasteiger partial charge in [0.25, 0.3) is 8.96 Å². The normalized spacial score (nSPS) is 20.8. The molecule has 0 spiro atoms. The smallest absolute Gasteiger partial charge is 0.324 e. The van der Waals surface area contributed by atoms with Gasteiger partial charge in [0.2, 0.25) is 11.4 Å². The van der Waals surface area contributed by atoms with E-state index in [-0.39, 0.29) is 42.1 Å². The van der Waals surface area contributed by atoms with Gasteiger partial charge in [-0.25, -0.2) is 15.2 Å². The summed E-state index contributed by atoms with van der Waals surface area (Å²) >= 11 is 1.46. The summed E-state index contributed by atoms with van der Waals surface area (Å²) in [5, 5.41) is 5.30. The van der Waals surface area contributed by atoms with Crippen LogP contribution in [0.2, 0.25) is 0 Å². The first-order valence-corrected chi connectivity index (χ1v) is 25.4. The number of fused-ring (bicyclic) bond motifs is 6. The minimum Gasteiger partial charge on any atom is -0.464 e. The minimum absolute atomic E-state index is 0.156. The molecule has 2 N–H and O–H groups in total. The number of cyclic esters (lactones) is 1. The third-order valence-electron chi connectivity index (χ3n) is 13.5.